The van der Waals surface area contributed by atoms with E-state index in [1.807, 2.05) is 0 Å². The number of methoxy groups -OCH3 is 1. The minimum absolute atomic E-state index is 0.126. The molecule has 1 fully saturated rings. The van der Waals surface area contributed by atoms with E-state index in [4.69, 9.17) is 9.47 Å². The predicted octanol–water partition coefficient (Wildman–Crippen LogP) is 0.717. The molecule has 0 aliphatic carbocycles. The molecule has 1 saturated heterocycles. The first-order valence-electron chi connectivity index (χ1n) is 7.59. The Morgan fingerprint density at radius 1 is 1.44 bits per heavy atom. The number of non-ortho nitro benzene ring substituents is 1. The summed E-state index contributed by atoms with van der Waals surface area (Å²) in [4.78, 5) is 35.6. The van der Waals surface area contributed by atoms with Crippen molar-refractivity contribution in [3.8, 4) is 5.75 Å². The number of nitrogens with one attached hydrogen (secondary N) is 1. The Bertz CT molecular complexity index is 659. The predicted molar refractivity (Wildman–Crippen MR) is 86.7 cm³/mol. The molecule has 10 heteroatoms. The quantitative estimate of drug-likeness (QED) is 0.541. The van der Waals surface area contributed by atoms with Gasteiger partial charge in [0, 0.05) is 19.2 Å². The lowest BCUT2D eigenvalue weighted by atomic mass is 10.1. The maximum Gasteiger partial charge on any atom is 0.321 e. The Balaban J connectivity index is 2.07. The highest BCUT2D eigenvalue weighted by Crippen LogP contribution is 2.29. The van der Waals surface area contributed by atoms with Gasteiger partial charge in [-0.25, -0.2) is 0 Å². The van der Waals surface area contributed by atoms with Gasteiger partial charge >= 0.3 is 5.97 Å². The zero-order valence-electron chi connectivity index (χ0n) is 13.6. The van der Waals surface area contributed by atoms with Crippen LogP contribution >= 0.6 is 0 Å². The summed E-state index contributed by atoms with van der Waals surface area (Å²) in [6.45, 7) is 1.71. The second kappa shape index (κ2) is 8.40. The Morgan fingerprint density at radius 2 is 2.12 bits per heavy atom. The average Bonchev–Trinajstić information content (AvgIpc) is 2.60. The summed E-state index contributed by atoms with van der Waals surface area (Å²) >= 11 is 0. The van der Waals surface area contributed by atoms with E-state index in [1.54, 1.807) is 4.90 Å². The number of nitrogens with zero attached hydrogens (tertiary/aromatic N) is 2. The fraction of sp³-hybridized carbons (Fsp3) is 0.467. The molecule has 25 heavy (non-hydrogen) atoms. The molecule has 0 aromatic heterocycles. The summed E-state index contributed by atoms with van der Waals surface area (Å²) in [5.74, 6) is -1.49. The first-order chi connectivity index (χ1) is 11.9. The van der Waals surface area contributed by atoms with Crippen LogP contribution in [0, 0.1) is 10.1 Å². The number of carboxylic acid groups (broad SMARTS) is 1. The van der Waals surface area contributed by atoms with Crippen LogP contribution in [0.3, 0.4) is 0 Å². The van der Waals surface area contributed by atoms with Gasteiger partial charge in [-0.2, -0.15) is 0 Å². The Morgan fingerprint density at radius 3 is 2.68 bits per heavy atom. The number of ether oxygens (including phenoxy) is 2. The molecule has 0 saturated carbocycles. The van der Waals surface area contributed by atoms with Crippen LogP contribution in [-0.4, -0.2) is 66.3 Å². The van der Waals surface area contributed by atoms with Crippen LogP contribution in [0.25, 0.3) is 0 Å². The summed E-state index contributed by atoms with van der Waals surface area (Å²) in [7, 11) is 1.32. The Kier molecular flexibility index (Phi) is 6.25. The van der Waals surface area contributed by atoms with Gasteiger partial charge in [0.25, 0.3) is 5.69 Å². The summed E-state index contributed by atoms with van der Waals surface area (Å²) in [6.07, 6.45) is -0.254. The highest BCUT2D eigenvalue weighted by atomic mass is 16.6. The molecule has 1 heterocycles. The third kappa shape index (κ3) is 4.88. The van der Waals surface area contributed by atoms with Crippen LogP contribution in [0.15, 0.2) is 18.2 Å². The second-order valence-corrected chi connectivity index (χ2v) is 5.40. The van der Waals surface area contributed by atoms with Gasteiger partial charge in [0.05, 0.1) is 43.4 Å². The van der Waals surface area contributed by atoms with Gasteiger partial charge in [0.2, 0.25) is 5.91 Å². The van der Waals surface area contributed by atoms with Crippen LogP contribution in [0.4, 0.5) is 11.4 Å². The normalized spacial score (nSPS) is 16.0. The van der Waals surface area contributed by atoms with Crippen LogP contribution in [0.5, 0.6) is 5.75 Å². The molecule has 1 aliphatic rings. The fourth-order valence-corrected chi connectivity index (χ4v) is 2.54. The van der Waals surface area contributed by atoms with Crippen molar-refractivity contribution in [2.45, 2.75) is 12.5 Å². The number of hydrogen-bond acceptors (Lipinski definition) is 7. The van der Waals surface area contributed by atoms with Crippen LogP contribution in [0.1, 0.15) is 6.42 Å². The van der Waals surface area contributed by atoms with Gasteiger partial charge in [-0.15, -0.1) is 0 Å². The molecular weight excluding hydrogens is 334 g/mol. The van der Waals surface area contributed by atoms with Crippen LogP contribution < -0.4 is 10.1 Å². The van der Waals surface area contributed by atoms with Gasteiger partial charge in [-0.1, -0.05) is 0 Å². The second-order valence-electron chi connectivity index (χ2n) is 5.40. The number of nitro groups is 1. The molecule has 136 valence electrons. The van der Waals surface area contributed by atoms with Crippen molar-refractivity contribution in [3.63, 3.8) is 0 Å². The number of amides is 1. The van der Waals surface area contributed by atoms with Crippen LogP contribution in [-0.2, 0) is 14.3 Å². The Labute approximate surface area is 143 Å². The number of morpholine rings is 1. The standard InChI is InChI=1S/C15H19N3O7/c1-24-13-8-10(18(22)23)2-3-11(13)16-14(19)9-12(15(20)21)17-4-6-25-7-5-17/h2-3,8,12H,4-7,9H2,1H3,(H,16,19)(H,20,21). The van der Waals surface area contributed by atoms with Crippen molar-refractivity contribution < 1.29 is 29.1 Å². The highest BCUT2D eigenvalue weighted by Gasteiger charge is 2.29. The lowest BCUT2D eigenvalue weighted by Gasteiger charge is -2.31. The van der Waals surface area contributed by atoms with E-state index < -0.39 is 22.8 Å². The summed E-state index contributed by atoms with van der Waals surface area (Å²) < 4.78 is 10.2. The van der Waals surface area contributed by atoms with Crippen molar-refractivity contribution >= 4 is 23.3 Å². The zero-order chi connectivity index (χ0) is 18.4. The molecule has 10 nitrogen and oxygen atoms in total. The van der Waals surface area contributed by atoms with Crippen molar-refractivity contribution in [1.29, 1.82) is 0 Å². The third-order valence-corrected chi connectivity index (χ3v) is 3.82. The van der Waals surface area contributed by atoms with Crippen LogP contribution in [0.2, 0.25) is 0 Å². The van der Waals surface area contributed by atoms with Gasteiger partial charge in [-0.05, 0) is 6.07 Å². The number of carbonyl (C=O) groups is 2. The number of nitro benzene ring substituents is 1. The fourth-order valence-electron chi connectivity index (χ4n) is 2.54. The smallest absolute Gasteiger partial charge is 0.321 e. The number of aliphatic carboxylic acids is 1. The first kappa shape index (κ1) is 18.6. The van der Waals surface area contributed by atoms with E-state index in [1.165, 1.54) is 25.3 Å². The van der Waals surface area contributed by atoms with E-state index in [9.17, 15) is 24.8 Å². The first-order valence-corrected chi connectivity index (χ1v) is 7.59. The molecule has 1 atom stereocenters. The molecule has 1 aliphatic heterocycles. The van der Waals surface area contributed by atoms with Gasteiger partial charge in [0.15, 0.2) is 0 Å². The monoisotopic (exact) mass is 353 g/mol. The number of benzene rings is 1. The number of carbonyl (C=O) groups excluding carboxylic acids is 1. The summed E-state index contributed by atoms with van der Waals surface area (Å²) in [5.41, 5.74) is 0.0656. The van der Waals surface area contributed by atoms with E-state index in [0.717, 1.165) is 0 Å². The maximum atomic E-state index is 12.2. The lowest BCUT2D eigenvalue weighted by Crippen LogP contribution is -2.48. The van der Waals surface area contributed by atoms with Gasteiger partial charge < -0.3 is 19.9 Å². The molecule has 1 aromatic carbocycles. The molecule has 1 amide bonds. The molecule has 2 N–H and O–H groups in total. The number of anilines is 1. The van der Waals surface area contributed by atoms with Crippen molar-refractivity contribution in [1.82, 2.24) is 4.90 Å². The molecule has 0 bridgehead atoms. The number of rotatable bonds is 7. The van der Waals surface area contributed by atoms with E-state index in [0.29, 0.717) is 26.3 Å². The minimum Gasteiger partial charge on any atom is -0.494 e. The summed E-state index contributed by atoms with van der Waals surface area (Å²) in [6, 6.07) is 2.80. The SMILES string of the molecule is COc1cc([N+](=O)[O-])ccc1NC(=O)CC(C(=O)O)N1CCOCC1. The van der Waals surface area contributed by atoms with Crippen molar-refractivity contribution in [2.24, 2.45) is 0 Å². The minimum atomic E-state index is -1.09. The molecular formula is C15H19N3O7. The topological polar surface area (TPSA) is 131 Å². The van der Waals surface area contributed by atoms with Crippen molar-refractivity contribution in [2.75, 3.05) is 38.7 Å². The highest BCUT2D eigenvalue weighted by molar-refractivity contribution is 5.95. The largest absolute Gasteiger partial charge is 0.494 e. The number of carboxylic acids is 1. The molecule has 2 rings (SSSR count). The number of hydrogen-bond donors (Lipinski definition) is 2. The Hall–Kier alpha value is -2.72. The lowest BCUT2D eigenvalue weighted by molar-refractivity contribution is -0.384. The molecule has 1 unspecified atom stereocenters. The molecule has 0 radical (unpaired) electrons. The maximum absolute atomic E-state index is 12.2. The molecule has 0 spiro atoms. The van der Waals surface area contributed by atoms with Crippen molar-refractivity contribution in [3.05, 3.63) is 28.3 Å². The van der Waals surface area contributed by atoms with Gasteiger partial charge in [0.1, 0.15) is 11.8 Å². The average molecular weight is 353 g/mol. The third-order valence-electron chi connectivity index (χ3n) is 3.82. The van der Waals surface area contributed by atoms with Gasteiger partial charge in [-0.3, -0.25) is 24.6 Å². The summed E-state index contributed by atoms with van der Waals surface area (Å²) in [5, 5.41) is 22.7. The van der Waals surface area contributed by atoms with E-state index in [-0.39, 0.29) is 23.5 Å². The van der Waals surface area contributed by atoms with E-state index in [2.05, 4.69) is 5.32 Å². The zero-order valence-corrected chi connectivity index (χ0v) is 13.6. The molecule has 1 aromatic rings. The van der Waals surface area contributed by atoms with E-state index >= 15 is 0 Å².